The molecule has 0 amide bonds. The molecule has 1 aromatic carbocycles. The highest BCUT2D eigenvalue weighted by atomic mass is 16.7. The lowest BCUT2D eigenvalue weighted by atomic mass is 9.79. The number of pyridine rings is 1. The average molecular weight is 295 g/mol. The lowest BCUT2D eigenvalue weighted by Crippen LogP contribution is -2.41. The van der Waals surface area contributed by atoms with Crippen LogP contribution in [0.4, 0.5) is 0 Å². The minimum atomic E-state index is -0.448. The van der Waals surface area contributed by atoms with E-state index in [2.05, 4.69) is 4.98 Å². The van der Waals surface area contributed by atoms with Gasteiger partial charge in [0.25, 0.3) is 0 Å². The van der Waals surface area contributed by atoms with Crippen molar-refractivity contribution in [3.05, 3.63) is 36.5 Å². The van der Waals surface area contributed by atoms with Crippen LogP contribution < -0.4 is 5.46 Å². The first-order valence-electron chi connectivity index (χ1n) is 7.51. The first kappa shape index (κ1) is 13.8. The zero-order valence-corrected chi connectivity index (χ0v) is 13.2. The summed E-state index contributed by atoms with van der Waals surface area (Å²) in [5.74, 6) is 0. The molecule has 4 rings (SSSR count). The van der Waals surface area contributed by atoms with Crippen LogP contribution in [0.2, 0.25) is 0 Å². The van der Waals surface area contributed by atoms with Crippen LogP contribution in [0.3, 0.4) is 0 Å². The van der Waals surface area contributed by atoms with Crippen LogP contribution in [0.15, 0.2) is 40.9 Å². The van der Waals surface area contributed by atoms with Crippen molar-refractivity contribution < 1.29 is 13.7 Å². The van der Waals surface area contributed by atoms with Crippen LogP contribution >= 0.6 is 0 Å². The van der Waals surface area contributed by atoms with Gasteiger partial charge in [-0.1, -0.05) is 12.1 Å². The number of fused-ring (bicyclic) bond motifs is 3. The van der Waals surface area contributed by atoms with Gasteiger partial charge in [0, 0.05) is 17.0 Å². The van der Waals surface area contributed by atoms with Gasteiger partial charge in [-0.2, -0.15) is 0 Å². The Bertz CT molecular complexity index is 853. The second-order valence-corrected chi connectivity index (χ2v) is 6.76. The Morgan fingerprint density at radius 3 is 2.36 bits per heavy atom. The third kappa shape index (κ3) is 1.82. The minimum Gasteiger partial charge on any atom is -0.455 e. The predicted molar refractivity (Wildman–Crippen MR) is 87.2 cm³/mol. The van der Waals surface area contributed by atoms with E-state index < -0.39 is 7.12 Å². The molecule has 1 aliphatic rings. The highest BCUT2D eigenvalue weighted by molar-refractivity contribution is 6.65. The zero-order valence-electron chi connectivity index (χ0n) is 13.2. The van der Waals surface area contributed by atoms with Crippen molar-refractivity contribution in [2.45, 2.75) is 38.9 Å². The molecule has 2 aromatic heterocycles. The monoisotopic (exact) mass is 295 g/mol. The maximum Gasteiger partial charge on any atom is 0.498 e. The van der Waals surface area contributed by atoms with Crippen molar-refractivity contribution in [2.24, 2.45) is 0 Å². The predicted octanol–water partition coefficient (Wildman–Crippen LogP) is 3.28. The number of rotatable bonds is 1. The Hall–Kier alpha value is -1.85. The minimum absolute atomic E-state index is 0.376. The van der Waals surface area contributed by atoms with Gasteiger partial charge in [0.05, 0.1) is 11.2 Å². The van der Waals surface area contributed by atoms with E-state index in [1.54, 1.807) is 6.20 Å². The molecule has 5 heteroatoms. The van der Waals surface area contributed by atoms with Crippen molar-refractivity contribution in [2.75, 3.05) is 0 Å². The molecule has 1 aliphatic heterocycles. The molecule has 3 heterocycles. The van der Waals surface area contributed by atoms with Crippen LogP contribution in [0.5, 0.6) is 0 Å². The van der Waals surface area contributed by atoms with Gasteiger partial charge >= 0.3 is 7.12 Å². The summed E-state index contributed by atoms with van der Waals surface area (Å²) in [6.45, 7) is 8.18. The van der Waals surface area contributed by atoms with E-state index in [1.165, 1.54) is 0 Å². The molecular weight excluding hydrogens is 277 g/mol. The van der Waals surface area contributed by atoms with E-state index in [0.717, 1.165) is 27.5 Å². The molecule has 0 unspecified atom stereocenters. The van der Waals surface area contributed by atoms with Gasteiger partial charge in [0.15, 0.2) is 5.58 Å². The van der Waals surface area contributed by atoms with Crippen LogP contribution in [0.25, 0.3) is 22.1 Å². The van der Waals surface area contributed by atoms with Gasteiger partial charge in [-0.15, -0.1) is 0 Å². The number of hydrogen-bond donors (Lipinski definition) is 0. The maximum atomic E-state index is 6.14. The molecule has 0 aliphatic carbocycles. The lowest BCUT2D eigenvalue weighted by Gasteiger charge is -2.32. The van der Waals surface area contributed by atoms with Gasteiger partial charge in [-0.25, -0.2) is 0 Å². The summed E-state index contributed by atoms with van der Waals surface area (Å²) in [6.07, 6.45) is 1.78. The SMILES string of the molecule is CC1(C)OB(c2ccnc3c2oc2ccccc23)OC1(C)C. The number of furan rings is 1. The molecule has 1 fully saturated rings. The third-order valence-electron chi connectivity index (χ3n) is 4.80. The van der Waals surface area contributed by atoms with Crippen LogP contribution in [-0.2, 0) is 9.31 Å². The van der Waals surface area contributed by atoms with Crippen LogP contribution in [-0.4, -0.2) is 23.3 Å². The van der Waals surface area contributed by atoms with Gasteiger partial charge < -0.3 is 13.7 Å². The first-order chi connectivity index (χ1) is 10.4. The topological polar surface area (TPSA) is 44.5 Å². The summed E-state index contributed by atoms with van der Waals surface area (Å²) in [4.78, 5) is 4.47. The van der Waals surface area contributed by atoms with Crippen LogP contribution in [0.1, 0.15) is 27.7 Å². The molecule has 0 spiro atoms. The molecule has 0 bridgehead atoms. The quantitative estimate of drug-likeness (QED) is 0.646. The van der Waals surface area contributed by atoms with E-state index in [4.69, 9.17) is 13.7 Å². The molecule has 0 saturated carbocycles. The summed E-state index contributed by atoms with van der Waals surface area (Å²) in [5, 5.41) is 1.01. The number of benzene rings is 1. The van der Waals surface area contributed by atoms with Crippen LogP contribution in [0, 0.1) is 0 Å². The van der Waals surface area contributed by atoms with Gasteiger partial charge in [-0.05, 0) is 45.9 Å². The fourth-order valence-electron chi connectivity index (χ4n) is 2.78. The first-order valence-corrected chi connectivity index (χ1v) is 7.51. The molecule has 0 N–H and O–H groups in total. The molecule has 112 valence electrons. The normalized spacial score (nSPS) is 20.1. The molecule has 22 heavy (non-hydrogen) atoms. The fourth-order valence-corrected chi connectivity index (χ4v) is 2.78. The van der Waals surface area contributed by atoms with Crippen molar-refractivity contribution in [1.82, 2.24) is 4.98 Å². The highest BCUT2D eigenvalue weighted by Gasteiger charge is 2.52. The third-order valence-corrected chi connectivity index (χ3v) is 4.80. The molecule has 0 atom stereocenters. The Morgan fingerprint density at radius 1 is 0.955 bits per heavy atom. The number of nitrogens with zero attached hydrogens (tertiary/aromatic N) is 1. The van der Waals surface area contributed by atoms with Crippen molar-refractivity contribution in [1.29, 1.82) is 0 Å². The Labute approximate surface area is 129 Å². The molecule has 4 nitrogen and oxygen atoms in total. The van der Waals surface area contributed by atoms with Crippen molar-refractivity contribution in [3.63, 3.8) is 0 Å². The van der Waals surface area contributed by atoms with E-state index in [9.17, 15) is 0 Å². The van der Waals surface area contributed by atoms with E-state index in [1.807, 2.05) is 58.0 Å². The smallest absolute Gasteiger partial charge is 0.455 e. The van der Waals surface area contributed by atoms with Gasteiger partial charge in [0.1, 0.15) is 11.1 Å². The Kier molecular flexibility index (Phi) is 2.72. The lowest BCUT2D eigenvalue weighted by molar-refractivity contribution is 0.00578. The number of hydrogen-bond acceptors (Lipinski definition) is 4. The molecule has 0 radical (unpaired) electrons. The maximum absolute atomic E-state index is 6.14. The average Bonchev–Trinajstić information content (AvgIpc) is 2.93. The zero-order chi connectivity index (χ0) is 15.5. The molecule has 1 saturated heterocycles. The molecule has 3 aromatic rings. The number of aromatic nitrogens is 1. The van der Waals surface area contributed by atoms with Gasteiger partial charge in [-0.3, -0.25) is 4.98 Å². The second kappa shape index (κ2) is 4.34. The summed E-state index contributed by atoms with van der Waals surface area (Å²) in [7, 11) is -0.448. The largest absolute Gasteiger partial charge is 0.498 e. The van der Waals surface area contributed by atoms with E-state index >= 15 is 0 Å². The second-order valence-electron chi connectivity index (χ2n) is 6.76. The molecular formula is C17H18BNO3. The Morgan fingerprint density at radius 2 is 1.64 bits per heavy atom. The van der Waals surface area contributed by atoms with Crippen molar-refractivity contribution in [3.8, 4) is 0 Å². The van der Waals surface area contributed by atoms with Gasteiger partial charge in [0.2, 0.25) is 0 Å². The Balaban J connectivity index is 1.90. The number of para-hydroxylation sites is 1. The van der Waals surface area contributed by atoms with E-state index in [0.29, 0.717) is 0 Å². The highest BCUT2D eigenvalue weighted by Crippen LogP contribution is 2.37. The standard InChI is InChI=1S/C17H18BNO3/c1-16(2)17(3,4)22-18(21-16)12-9-10-19-14-11-7-5-6-8-13(11)20-15(12)14/h5-10H,1-4H3. The summed E-state index contributed by atoms with van der Waals surface area (Å²) >= 11 is 0. The summed E-state index contributed by atoms with van der Waals surface area (Å²) < 4.78 is 18.3. The summed E-state index contributed by atoms with van der Waals surface area (Å²) in [6, 6.07) is 9.82. The fraction of sp³-hybridized carbons (Fsp3) is 0.353. The van der Waals surface area contributed by atoms with Crippen molar-refractivity contribution >= 4 is 34.7 Å². The summed E-state index contributed by atoms with van der Waals surface area (Å²) in [5.41, 5.74) is 2.55. The van der Waals surface area contributed by atoms with E-state index in [-0.39, 0.29) is 11.2 Å².